The molecule has 0 radical (unpaired) electrons. The van der Waals surface area contributed by atoms with E-state index in [4.69, 9.17) is 12.2 Å². The van der Waals surface area contributed by atoms with Gasteiger partial charge in [0.25, 0.3) is 0 Å². The molecule has 1 aromatic heterocycles. The Kier molecular flexibility index (Phi) is 3.14. The second-order valence-corrected chi connectivity index (χ2v) is 5.41. The lowest BCUT2D eigenvalue weighted by molar-refractivity contribution is 0.472. The molecule has 2 heterocycles. The third-order valence-electron chi connectivity index (χ3n) is 3.65. The van der Waals surface area contributed by atoms with Crippen molar-refractivity contribution in [1.29, 1.82) is 0 Å². The lowest BCUT2D eigenvalue weighted by atomic mass is 10.2. The Morgan fingerprint density at radius 2 is 1.63 bits per heavy atom. The number of nitrogens with zero attached hydrogens (tertiary/aromatic N) is 3. The average Bonchev–Trinajstić information content (AvgIpc) is 2.61. The minimum atomic E-state index is -0.0178. The monoisotopic (exact) mass is 275 g/mol. The van der Waals surface area contributed by atoms with Crippen molar-refractivity contribution in [2.45, 2.75) is 39.3 Å². The summed E-state index contributed by atoms with van der Waals surface area (Å²) in [5.41, 5.74) is 2.01. The zero-order valence-corrected chi connectivity index (χ0v) is 11.8. The smallest absolute Gasteiger partial charge is 0.256 e. The quantitative estimate of drug-likeness (QED) is 0.749. The normalized spacial score (nSPS) is 15.0. The Labute approximate surface area is 116 Å². The summed E-state index contributed by atoms with van der Waals surface area (Å²) in [6.45, 7) is 3.64. The molecule has 0 amide bonds. The summed E-state index contributed by atoms with van der Waals surface area (Å²) in [5.74, 6) is 0. The maximum absolute atomic E-state index is 12.5. The maximum Gasteiger partial charge on any atom is 0.349 e. The SMILES string of the molecule is Cc1ccc(-n2c(=O)n3n(c2=S)CCCCC3)cc1. The summed E-state index contributed by atoms with van der Waals surface area (Å²) in [5, 5.41) is 0. The molecule has 0 N–H and O–H groups in total. The third-order valence-corrected chi connectivity index (χ3v) is 4.04. The number of benzene rings is 1. The van der Waals surface area contributed by atoms with Gasteiger partial charge in [-0.15, -0.1) is 0 Å². The van der Waals surface area contributed by atoms with Gasteiger partial charge in [0.05, 0.1) is 5.69 Å². The van der Waals surface area contributed by atoms with Crippen LogP contribution in [0.5, 0.6) is 0 Å². The van der Waals surface area contributed by atoms with Gasteiger partial charge in [0.2, 0.25) is 4.77 Å². The van der Waals surface area contributed by atoms with Gasteiger partial charge in [-0.3, -0.25) is 4.68 Å². The number of aromatic nitrogens is 3. The second-order valence-electron chi connectivity index (χ2n) is 5.04. The molecule has 0 saturated heterocycles. The van der Waals surface area contributed by atoms with Crippen molar-refractivity contribution in [2.24, 2.45) is 0 Å². The minimum absolute atomic E-state index is 0.0178. The lowest BCUT2D eigenvalue weighted by Crippen LogP contribution is -2.26. The molecule has 1 aromatic carbocycles. The van der Waals surface area contributed by atoms with Crippen molar-refractivity contribution >= 4 is 12.2 Å². The predicted molar refractivity (Wildman–Crippen MR) is 77.4 cm³/mol. The van der Waals surface area contributed by atoms with E-state index in [0.717, 1.165) is 38.0 Å². The molecule has 0 fully saturated rings. The van der Waals surface area contributed by atoms with Crippen LogP contribution < -0.4 is 5.69 Å². The summed E-state index contributed by atoms with van der Waals surface area (Å²) in [6, 6.07) is 7.91. The van der Waals surface area contributed by atoms with Gasteiger partial charge in [0, 0.05) is 13.1 Å². The van der Waals surface area contributed by atoms with Crippen LogP contribution in [0.2, 0.25) is 0 Å². The number of aryl methyl sites for hydroxylation is 1. The number of hydrogen-bond acceptors (Lipinski definition) is 2. The van der Waals surface area contributed by atoms with E-state index in [-0.39, 0.29) is 5.69 Å². The van der Waals surface area contributed by atoms with Crippen LogP contribution in [0.4, 0.5) is 0 Å². The fourth-order valence-electron chi connectivity index (χ4n) is 2.57. The summed E-state index contributed by atoms with van der Waals surface area (Å²) in [4.78, 5) is 12.5. The number of hydrogen-bond donors (Lipinski definition) is 0. The van der Waals surface area contributed by atoms with Crippen molar-refractivity contribution in [3.05, 3.63) is 45.1 Å². The molecule has 2 aromatic rings. The van der Waals surface area contributed by atoms with Crippen LogP contribution in [0.15, 0.2) is 29.1 Å². The summed E-state index contributed by atoms with van der Waals surface area (Å²) < 4.78 is 5.98. The second kappa shape index (κ2) is 4.81. The van der Waals surface area contributed by atoms with Crippen LogP contribution in [0.25, 0.3) is 5.69 Å². The van der Waals surface area contributed by atoms with Crippen LogP contribution in [0.3, 0.4) is 0 Å². The predicted octanol–water partition coefficient (Wildman–Crippen LogP) is 2.66. The molecule has 1 aliphatic rings. The first-order valence-electron chi connectivity index (χ1n) is 6.68. The van der Waals surface area contributed by atoms with Gasteiger partial charge in [0.1, 0.15) is 0 Å². The third kappa shape index (κ3) is 2.08. The highest BCUT2D eigenvalue weighted by molar-refractivity contribution is 7.71. The highest BCUT2D eigenvalue weighted by Crippen LogP contribution is 2.12. The Morgan fingerprint density at radius 3 is 2.32 bits per heavy atom. The van der Waals surface area contributed by atoms with Gasteiger partial charge in [0.15, 0.2) is 0 Å². The Balaban J connectivity index is 2.20. The van der Waals surface area contributed by atoms with Crippen LogP contribution in [0, 0.1) is 11.7 Å². The molecular formula is C14H17N3OS. The molecule has 0 aliphatic carbocycles. The Bertz CT molecular complexity index is 668. The summed E-state index contributed by atoms with van der Waals surface area (Å²) >= 11 is 5.48. The van der Waals surface area contributed by atoms with E-state index in [1.807, 2.05) is 35.9 Å². The van der Waals surface area contributed by atoms with E-state index < -0.39 is 0 Å². The highest BCUT2D eigenvalue weighted by atomic mass is 32.1. The van der Waals surface area contributed by atoms with E-state index in [2.05, 4.69) is 0 Å². The first-order chi connectivity index (χ1) is 9.18. The molecule has 1 aliphatic heterocycles. The molecular weight excluding hydrogens is 258 g/mol. The summed E-state index contributed by atoms with van der Waals surface area (Å²) in [6.07, 6.45) is 3.30. The molecule has 4 nitrogen and oxygen atoms in total. The largest absolute Gasteiger partial charge is 0.349 e. The number of rotatable bonds is 1. The van der Waals surface area contributed by atoms with E-state index in [1.165, 1.54) is 5.56 Å². The van der Waals surface area contributed by atoms with Gasteiger partial charge in [-0.05, 0) is 50.5 Å². The zero-order chi connectivity index (χ0) is 13.4. The molecule has 100 valence electrons. The van der Waals surface area contributed by atoms with Crippen LogP contribution in [-0.2, 0) is 13.1 Å². The first kappa shape index (κ1) is 12.4. The molecule has 0 bridgehead atoms. The number of fused-ring (bicyclic) bond motifs is 1. The topological polar surface area (TPSA) is 31.9 Å². The molecule has 0 saturated carbocycles. The van der Waals surface area contributed by atoms with E-state index in [1.54, 1.807) is 9.25 Å². The zero-order valence-electron chi connectivity index (χ0n) is 11.0. The molecule has 3 rings (SSSR count). The van der Waals surface area contributed by atoms with Gasteiger partial charge in [-0.1, -0.05) is 17.7 Å². The highest BCUT2D eigenvalue weighted by Gasteiger charge is 2.16. The van der Waals surface area contributed by atoms with E-state index in [9.17, 15) is 4.79 Å². The van der Waals surface area contributed by atoms with Crippen molar-refractivity contribution < 1.29 is 0 Å². The first-order valence-corrected chi connectivity index (χ1v) is 7.09. The Morgan fingerprint density at radius 1 is 1.00 bits per heavy atom. The van der Waals surface area contributed by atoms with Crippen LogP contribution >= 0.6 is 12.2 Å². The molecule has 19 heavy (non-hydrogen) atoms. The fourth-order valence-corrected chi connectivity index (χ4v) is 2.94. The van der Waals surface area contributed by atoms with Crippen molar-refractivity contribution in [3.8, 4) is 5.69 Å². The van der Waals surface area contributed by atoms with Gasteiger partial charge >= 0.3 is 5.69 Å². The van der Waals surface area contributed by atoms with Gasteiger partial charge < -0.3 is 0 Å². The molecule has 0 atom stereocenters. The van der Waals surface area contributed by atoms with E-state index in [0.29, 0.717) is 4.77 Å². The molecule has 5 heteroatoms. The maximum atomic E-state index is 12.5. The van der Waals surface area contributed by atoms with Gasteiger partial charge in [-0.25, -0.2) is 14.0 Å². The van der Waals surface area contributed by atoms with Gasteiger partial charge in [-0.2, -0.15) is 0 Å². The summed E-state index contributed by atoms with van der Waals surface area (Å²) in [7, 11) is 0. The average molecular weight is 275 g/mol. The van der Waals surface area contributed by atoms with Crippen molar-refractivity contribution in [1.82, 2.24) is 13.9 Å². The van der Waals surface area contributed by atoms with E-state index >= 15 is 0 Å². The standard InChI is InChI=1S/C14H17N3OS/c1-11-5-7-12(8-6-11)17-13(18)15-9-3-2-4-10-16(15)14(17)19/h5-8H,2-4,9-10H2,1H3. The Hall–Kier alpha value is -1.62. The lowest BCUT2D eigenvalue weighted by Gasteiger charge is -2.03. The molecule has 0 unspecified atom stereocenters. The van der Waals surface area contributed by atoms with Crippen LogP contribution in [0.1, 0.15) is 24.8 Å². The molecule has 0 spiro atoms. The van der Waals surface area contributed by atoms with Crippen LogP contribution in [-0.4, -0.2) is 13.9 Å². The minimum Gasteiger partial charge on any atom is -0.256 e. The fraction of sp³-hybridized carbons (Fsp3) is 0.429. The van der Waals surface area contributed by atoms with Crippen molar-refractivity contribution in [3.63, 3.8) is 0 Å². The van der Waals surface area contributed by atoms with Crippen molar-refractivity contribution in [2.75, 3.05) is 0 Å².